The number of hydrogen-bond acceptors (Lipinski definition) is 3. The largest absolute Gasteiger partial charge is 0.395 e. The Kier molecular flexibility index (Phi) is 5.15. The fourth-order valence-corrected chi connectivity index (χ4v) is 3.40. The maximum absolute atomic E-state index is 12.7. The van der Waals surface area contributed by atoms with Crippen molar-refractivity contribution in [1.29, 1.82) is 0 Å². The van der Waals surface area contributed by atoms with Crippen LogP contribution in [0.5, 0.6) is 0 Å². The van der Waals surface area contributed by atoms with Gasteiger partial charge in [-0.3, -0.25) is 4.68 Å². The number of aromatic nitrogens is 2. The van der Waals surface area contributed by atoms with E-state index in [1.54, 1.807) is 15.8 Å². The van der Waals surface area contributed by atoms with Crippen LogP contribution in [0.4, 0.5) is 4.79 Å². The van der Waals surface area contributed by atoms with E-state index >= 15 is 0 Å². The van der Waals surface area contributed by atoms with Crippen LogP contribution >= 0.6 is 0 Å². The van der Waals surface area contributed by atoms with Crippen molar-refractivity contribution in [3.05, 3.63) is 53.3 Å². The average Bonchev–Trinajstić information content (AvgIpc) is 3.02. The molecule has 0 aliphatic heterocycles. The minimum atomic E-state index is -0.146. The summed E-state index contributed by atoms with van der Waals surface area (Å²) in [6, 6.07) is 10.0. The van der Waals surface area contributed by atoms with Gasteiger partial charge in [0, 0.05) is 19.8 Å². The number of nitrogens with one attached hydrogen (secondary N) is 1. The molecule has 6 heteroatoms. The van der Waals surface area contributed by atoms with Crippen molar-refractivity contribution in [3.63, 3.8) is 0 Å². The summed E-state index contributed by atoms with van der Waals surface area (Å²) in [6.07, 6.45) is 4.75. The monoisotopic (exact) mass is 328 g/mol. The maximum Gasteiger partial charge on any atom is 0.318 e. The van der Waals surface area contributed by atoms with Gasteiger partial charge in [0.15, 0.2) is 0 Å². The smallest absolute Gasteiger partial charge is 0.318 e. The predicted molar refractivity (Wildman–Crippen MR) is 91.4 cm³/mol. The van der Waals surface area contributed by atoms with Crippen molar-refractivity contribution >= 4 is 6.03 Å². The van der Waals surface area contributed by atoms with Gasteiger partial charge in [-0.15, -0.1) is 0 Å². The predicted octanol–water partition coefficient (Wildman–Crippen LogP) is 2.00. The molecule has 1 heterocycles. The molecular formula is C18H24N4O2. The highest BCUT2D eigenvalue weighted by atomic mass is 16.3. The molecule has 1 aromatic carbocycles. The Morgan fingerprint density at radius 2 is 2.25 bits per heavy atom. The number of benzene rings is 1. The standard InChI is InChI=1S/C18H24N4O2/c1-21-15(9-10-20-21)13-19-18(24)22(11-12-23)17-8-4-6-14-5-2-3-7-16(14)17/h2-3,5,7,9-10,17,23H,4,6,8,11-13H2,1H3,(H,19,24). The van der Waals surface area contributed by atoms with Crippen LogP contribution < -0.4 is 5.32 Å². The highest BCUT2D eigenvalue weighted by molar-refractivity contribution is 5.75. The molecule has 128 valence electrons. The molecule has 1 unspecified atom stereocenters. The highest BCUT2D eigenvalue weighted by Gasteiger charge is 2.28. The Labute approximate surface area is 142 Å². The van der Waals surface area contributed by atoms with Gasteiger partial charge < -0.3 is 15.3 Å². The topological polar surface area (TPSA) is 70.4 Å². The van der Waals surface area contributed by atoms with Crippen LogP contribution in [0.3, 0.4) is 0 Å². The van der Waals surface area contributed by atoms with E-state index in [9.17, 15) is 9.90 Å². The number of aliphatic hydroxyl groups excluding tert-OH is 1. The molecule has 1 aliphatic rings. The third-order valence-corrected chi connectivity index (χ3v) is 4.66. The minimum absolute atomic E-state index is 0.0219. The Hall–Kier alpha value is -2.34. The summed E-state index contributed by atoms with van der Waals surface area (Å²) in [5, 5.41) is 16.5. The van der Waals surface area contributed by atoms with Crippen LogP contribution in [0.2, 0.25) is 0 Å². The molecule has 2 amide bonds. The molecule has 2 aromatic rings. The van der Waals surface area contributed by atoms with Gasteiger partial charge >= 0.3 is 6.03 Å². The van der Waals surface area contributed by atoms with Gasteiger partial charge in [-0.1, -0.05) is 24.3 Å². The van der Waals surface area contributed by atoms with E-state index in [1.165, 1.54) is 11.1 Å². The Bertz CT molecular complexity index is 698. The third-order valence-electron chi connectivity index (χ3n) is 4.66. The van der Waals surface area contributed by atoms with E-state index in [0.29, 0.717) is 13.1 Å². The van der Waals surface area contributed by atoms with Crippen LogP contribution in [0.15, 0.2) is 36.5 Å². The second-order valence-corrected chi connectivity index (χ2v) is 6.13. The van der Waals surface area contributed by atoms with Gasteiger partial charge in [-0.25, -0.2) is 4.79 Å². The number of aryl methyl sites for hydroxylation is 2. The molecule has 1 atom stereocenters. The first-order valence-electron chi connectivity index (χ1n) is 8.40. The normalized spacial score (nSPS) is 16.5. The van der Waals surface area contributed by atoms with Crippen molar-refractivity contribution in [1.82, 2.24) is 20.0 Å². The molecule has 1 aliphatic carbocycles. The van der Waals surface area contributed by atoms with Gasteiger partial charge in [-0.05, 0) is 36.5 Å². The summed E-state index contributed by atoms with van der Waals surface area (Å²) < 4.78 is 1.74. The van der Waals surface area contributed by atoms with Crippen molar-refractivity contribution in [3.8, 4) is 0 Å². The molecule has 3 rings (SSSR count). The Balaban J connectivity index is 1.75. The van der Waals surface area contributed by atoms with E-state index in [2.05, 4.69) is 22.5 Å². The summed E-state index contributed by atoms with van der Waals surface area (Å²) in [7, 11) is 1.85. The number of rotatable bonds is 5. The van der Waals surface area contributed by atoms with E-state index in [4.69, 9.17) is 0 Å². The highest BCUT2D eigenvalue weighted by Crippen LogP contribution is 2.34. The molecular weight excluding hydrogens is 304 g/mol. The van der Waals surface area contributed by atoms with Crippen molar-refractivity contribution in [2.45, 2.75) is 31.8 Å². The number of nitrogens with zero attached hydrogens (tertiary/aromatic N) is 3. The summed E-state index contributed by atoms with van der Waals surface area (Å²) in [5.41, 5.74) is 3.44. The first-order chi connectivity index (χ1) is 11.7. The number of hydrogen-bond donors (Lipinski definition) is 2. The van der Waals surface area contributed by atoms with Gasteiger partial charge in [0.2, 0.25) is 0 Å². The number of aliphatic hydroxyl groups is 1. The SMILES string of the molecule is Cn1nccc1CNC(=O)N(CCO)C1CCCc2ccccc21. The zero-order chi connectivity index (χ0) is 16.9. The maximum atomic E-state index is 12.7. The summed E-state index contributed by atoms with van der Waals surface area (Å²) in [5.74, 6) is 0. The first kappa shape index (κ1) is 16.5. The molecule has 0 saturated heterocycles. The van der Waals surface area contributed by atoms with E-state index < -0.39 is 0 Å². The summed E-state index contributed by atoms with van der Waals surface area (Å²) in [6.45, 7) is 0.708. The zero-order valence-corrected chi connectivity index (χ0v) is 14.0. The van der Waals surface area contributed by atoms with Crippen molar-refractivity contribution in [2.24, 2.45) is 7.05 Å². The molecule has 1 aromatic heterocycles. The molecule has 0 spiro atoms. The van der Waals surface area contributed by atoms with Crippen LogP contribution in [-0.2, 0) is 20.0 Å². The lowest BCUT2D eigenvalue weighted by atomic mass is 9.87. The van der Waals surface area contributed by atoms with Crippen LogP contribution in [0.1, 0.15) is 35.7 Å². The number of urea groups is 1. The average molecular weight is 328 g/mol. The fraction of sp³-hybridized carbons (Fsp3) is 0.444. The number of carbonyl (C=O) groups is 1. The molecule has 0 fully saturated rings. The second-order valence-electron chi connectivity index (χ2n) is 6.13. The van der Waals surface area contributed by atoms with Crippen LogP contribution in [0.25, 0.3) is 0 Å². The van der Waals surface area contributed by atoms with Crippen molar-refractivity contribution < 1.29 is 9.90 Å². The van der Waals surface area contributed by atoms with Crippen LogP contribution in [0, 0.1) is 0 Å². The van der Waals surface area contributed by atoms with Crippen LogP contribution in [-0.4, -0.2) is 39.0 Å². The first-order valence-corrected chi connectivity index (χ1v) is 8.40. The van der Waals surface area contributed by atoms with E-state index in [0.717, 1.165) is 25.0 Å². The number of carbonyl (C=O) groups excluding carboxylic acids is 1. The van der Waals surface area contributed by atoms with Crippen molar-refractivity contribution in [2.75, 3.05) is 13.2 Å². The van der Waals surface area contributed by atoms with E-state index in [-0.39, 0.29) is 18.7 Å². The number of amides is 2. The van der Waals surface area contributed by atoms with E-state index in [1.807, 2.05) is 25.2 Å². The molecule has 6 nitrogen and oxygen atoms in total. The fourth-order valence-electron chi connectivity index (χ4n) is 3.40. The molecule has 0 saturated carbocycles. The number of fused-ring (bicyclic) bond motifs is 1. The minimum Gasteiger partial charge on any atom is -0.395 e. The molecule has 0 bridgehead atoms. The van der Waals surface area contributed by atoms with Gasteiger partial charge in [0.1, 0.15) is 0 Å². The molecule has 0 radical (unpaired) electrons. The summed E-state index contributed by atoms with van der Waals surface area (Å²) >= 11 is 0. The lowest BCUT2D eigenvalue weighted by Crippen LogP contribution is -2.44. The summed E-state index contributed by atoms with van der Waals surface area (Å²) in [4.78, 5) is 14.5. The molecule has 2 N–H and O–H groups in total. The second kappa shape index (κ2) is 7.49. The van der Waals surface area contributed by atoms with Gasteiger partial charge in [-0.2, -0.15) is 5.10 Å². The zero-order valence-electron chi connectivity index (χ0n) is 14.0. The Morgan fingerprint density at radius 3 is 3.00 bits per heavy atom. The quantitative estimate of drug-likeness (QED) is 0.882. The lowest BCUT2D eigenvalue weighted by Gasteiger charge is -2.35. The Morgan fingerprint density at radius 1 is 1.42 bits per heavy atom. The lowest BCUT2D eigenvalue weighted by molar-refractivity contribution is 0.144. The van der Waals surface area contributed by atoms with Gasteiger partial charge in [0.25, 0.3) is 0 Å². The van der Waals surface area contributed by atoms with Gasteiger partial charge in [0.05, 0.1) is 24.9 Å². The third kappa shape index (κ3) is 3.43. The molecule has 24 heavy (non-hydrogen) atoms.